The first-order valence-corrected chi connectivity index (χ1v) is 4.23. The van der Waals surface area contributed by atoms with Crippen LogP contribution in [0.15, 0.2) is 18.2 Å². The van der Waals surface area contributed by atoms with Crippen LogP contribution >= 0.6 is 0 Å². The zero-order valence-electron chi connectivity index (χ0n) is 13.9. The van der Waals surface area contributed by atoms with E-state index in [9.17, 15) is 0 Å². The van der Waals surface area contributed by atoms with Crippen molar-refractivity contribution < 1.29 is 17.7 Å². The molecule has 0 spiro atoms. The zero-order valence-corrected chi connectivity index (χ0v) is 7.91. The number of hydrogen-bond donors (Lipinski definition) is 1. The molecule has 0 fully saturated rings. The minimum absolute atomic E-state index is 0.110. The Bertz CT molecular complexity index is 455. The number of ether oxygens (including phenoxy) is 2. The van der Waals surface area contributed by atoms with Gasteiger partial charge in [-0.05, 0) is 37.1 Å². The van der Waals surface area contributed by atoms with Crippen molar-refractivity contribution in [1.82, 2.24) is 0 Å². The molecule has 14 heavy (non-hydrogen) atoms. The van der Waals surface area contributed by atoms with E-state index in [-0.39, 0.29) is 17.5 Å². The molecule has 0 radical (unpaired) electrons. The third-order valence-corrected chi connectivity index (χ3v) is 1.80. The molecule has 0 saturated carbocycles. The minimum atomic E-state index is -2.58. The van der Waals surface area contributed by atoms with Crippen LogP contribution in [0.3, 0.4) is 0 Å². The molecule has 0 heterocycles. The van der Waals surface area contributed by atoms with Crippen molar-refractivity contribution in [3.05, 3.63) is 23.8 Å². The number of benzene rings is 1. The van der Waals surface area contributed by atoms with Gasteiger partial charge in [0.2, 0.25) is 0 Å². The highest BCUT2D eigenvalue weighted by molar-refractivity contribution is 5.40. The summed E-state index contributed by atoms with van der Waals surface area (Å²) in [5, 5.41) is 0. The van der Waals surface area contributed by atoms with Gasteiger partial charge in [0.1, 0.15) is 11.5 Å². The normalized spacial score (nSPS) is 20.4. The molecular formula is C11H17NO2. The summed E-state index contributed by atoms with van der Waals surface area (Å²) >= 11 is 0. The van der Waals surface area contributed by atoms with Crippen LogP contribution in [-0.4, -0.2) is 20.1 Å². The van der Waals surface area contributed by atoms with E-state index in [1.165, 1.54) is 18.2 Å². The number of nitrogens with two attached hydrogens (primary N) is 1. The van der Waals surface area contributed by atoms with E-state index in [0.717, 1.165) is 0 Å². The fraction of sp³-hybridized carbons (Fsp3) is 0.455. The largest absolute Gasteiger partial charge is 0.497 e. The highest BCUT2D eigenvalue weighted by Gasteiger charge is 2.06. The molecule has 1 rings (SSSR count). The second kappa shape index (κ2) is 4.86. The zero-order chi connectivity index (χ0) is 15.6. The van der Waals surface area contributed by atoms with E-state index in [0.29, 0.717) is 12.0 Å². The van der Waals surface area contributed by atoms with Crippen molar-refractivity contribution >= 4 is 0 Å². The molecule has 1 aromatic rings. The van der Waals surface area contributed by atoms with Crippen LogP contribution < -0.4 is 15.2 Å². The minimum Gasteiger partial charge on any atom is -0.497 e. The summed E-state index contributed by atoms with van der Waals surface area (Å²) < 4.78 is 52.1. The fourth-order valence-corrected chi connectivity index (χ4v) is 1.23. The highest BCUT2D eigenvalue weighted by Crippen LogP contribution is 2.24. The molecule has 3 heteroatoms. The lowest BCUT2D eigenvalue weighted by atomic mass is 10.1. The van der Waals surface area contributed by atoms with Crippen LogP contribution in [0.4, 0.5) is 0 Å². The molecule has 0 aliphatic carbocycles. The number of rotatable bonds is 4. The van der Waals surface area contributed by atoms with Gasteiger partial charge in [-0.25, -0.2) is 0 Å². The lowest BCUT2D eigenvalue weighted by Gasteiger charge is -2.11. The second-order valence-corrected chi connectivity index (χ2v) is 3.16. The molecule has 78 valence electrons. The molecule has 1 atom stereocenters. The molecule has 0 bridgehead atoms. The van der Waals surface area contributed by atoms with Gasteiger partial charge in [0.15, 0.2) is 0 Å². The SMILES string of the molecule is [2H]C([2H])([2H])Oc1ccc(OC([2H])([2H])[2H])c(CC(C)N)c1. The van der Waals surface area contributed by atoms with E-state index in [2.05, 4.69) is 0 Å². The lowest BCUT2D eigenvalue weighted by molar-refractivity contribution is 0.397. The van der Waals surface area contributed by atoms with Crippen LogP contribution in [0.5, 0.6) is 11.5 Å². The Morgan fingerprint density at radius 1 is 1.43 bits per heavy atom. The molecule has 0 saturated heterocycles. The first-order chi connectivity index (χ1) is 8.96. The van der Waals surface area contributed by atoms with Crippen molar-refractivity contribution in [2.45, 2.75) is 19.4 Å². The smallest absolute Gasteiger partial charge is 0.122 e. The van der Waals surface area contributed by atoms with Crippen molar-refractivity contribution in [2.75, 3.05) is 14.1 Å². The van der Waals surface area contributed by atoms with Crippen molar-refractivity contribution in [2.24, 2.45) is 5.73 Å². The molecule has 0 aliphatic rings. The monoisotopic (exact) mass is 201 g/mol. The Hall–Kier alpha value is -1.22. The van der Waals surface area contributed by atoms with Crippen LogP contribution in [0.2, 0.25) is 0 Å². The summed E-state index contributed by atoms with van der Waals surface area (Å²) in [5.41, 5.74) is 6.17. The van der Waals surface area contributed by atoms with Gasteiger partial charge >= 0.3 is 0 Å². The fourth-order valence-electron chi connectivity index (χ4n) is 1.23. The molecule has 2 N–H and O–H groups in total. The average Bonchev–Trinajstić information content (AvgIpc) is 2.16. The van der Waals surface area contributed by atoms with Gasteiger partial charge in [-0.3, -0.25) is 0 Å². The highest BCUT2D eigenvalue weighted by atomic mass is 16.5. The first kappa shape index (κ1) is 5.03. The first-order valence-electron chi connectivity index (χ1n) is 7.23. The molecule has 0 aliphatic heterocycles. The second-order valence-electron chi connectivity index (χ2n) is 3.16. The van der Waals surface area contributed by atoms with E-state index in [1.54, 1.807) is 6.92 Å². The summed E-state index contributed by atoms with van der Waals surface area (Å²) in [7, 11) is -5.16. The van der Waals surface area contributed by atoms with Gasteiger partial charge < -0.3 is 15.2 Å². The third kappa shape index (κ3) is 2.64. The maximum atomic E-state index is 7.10. The summed E-state index contributed by atoms with van der Waals surface area (Å²) in [6.07, 6.45) is 0.337. The summed E-state index contributed by atoms with van der Waals surface area (Å²) in [6, 6.07) is 3.90. The van der Waals surface area contributed by atoms with Gasteiger partial charge in [0.25, 0.3) is 0 Å². The quantitative estimate of drug-likeness (QED) is 0.804. The number of methoxy groups -OCH3 is 2. The predicted octanol–water partition coefficient (Wildman–Crippen LogP) is 1.59. The van der Waals surface area contributed by atoms with Gasteiger partial charge in [0, 0.05) is 6.04 Å². The van der Waals surface area contributed by atoms with Crippen LogP contribution in [0, 0.1) is 0 Å². The summed E-state index contributed by atoms with van der Waals surface area (Å²) in [6.45, 7) is 1.75. The molecule has 1 aromatic carbocycles. The Balaban J connectivity index is 3.06. The third-order valence-electron chi connectivity index (χ3n) is 1.80. The molecular weight excluding hydrogens is 178 g/mol. The van der Waals surface area contributed by atoms with Gasteiger partial charge in [-0.1, -0.05) is 0 Å². The summed E-state index contributed by atoms with van der Waals surface area (Å²) in [4.78, 5) is 0. The van der Waals surface area contributed by atoms with Crippen LogP contribution in [0.25, 0.3) is 0 Å². The lowest BCUT2D eigenvalue weighted by Crippen LogP contribution is -2.18. The van der Waals surface area contributed by atoms with E-state index >= 15 is 0 Å². The van der Waals surface area contributed by atoms with Gasteiger partial charge in [-0.2, -0.15) is 0 Å². The topological polar surface area (TPSA) is 44.5 Å². The Morgan fingerprint density at radius 3 is 2.86 bits per heavy atom. The Morgan fingerprint density at radius 2 is 2.21 bits per heavy atom. The standard InChI is InChI=1S/C11H17NO2/c1-8(12)6-9-7-10(13-2)4-5-11(9)14-3/h4-5,7-8H,6,12H2,1-3H3/i2D3,3D3. The predicted molar refractivity (Wildman–Crippen MR) is 56.9 cm³/mol. The van der Waals surface area contributed by atoms with Crippen molar-refractivity contribution in [3.8, 4) is 11.5 Å². The molecule has 0 aromatic heterocycles. The van der Waals surface area contributed by atoms with Gasteiger partial charge in [0.05, 0.1) is 22.3 Å². The van der Waals surface area contributed by atoms with Crippen molar-refractivity contribution in [1.29, 1.82) is 0 Å². The average molecular weight is 201 g/mol. The maximum absolute atomic E-state index is 7.10. The van der Waals surface area contributed by atoms with Crippen LogP contribution in [-0.2, 0) is 6.42 Å². The molecule has 0 amide bonds. The van der Waals surface area contributed by atoms with E-state index in [4.69, 9.17) is 23.4 Å². The number of hydrogen-bond acceptors (Lipinski definition) is 3. The van der Waals surface area contributed by atoms with Crippen LogP contribution in [0.1, 0.15) is 20.7 Å². The van der Waals surface area contributed by atoms with Crippen molar-refractivity contribution in [3.63, 3.8) is 0 Å². The molecule has 1 unspecified atom stereocenters. The van der Waals surface area contributed by atoms with E-state index in [1.807, 2.05) is 0 Å². The Labute approximate surface area is 93.3 Å². The maximum Gasteiger partial charge on any atom is 0.122 e. The summed E-state index contributed by atoms with van der Waals surface area (Å²) in [5.74, 6) is 0.249. The Kier molecular flexibility index (Phi) is 1.75. The van der Waals surface area contributed by atoms with Gasteiger partial charge in [-0.15, -0.1) is 0 Å². The van der Waals surface area contributed by atoms with E-state index < -0.39 is 14.1 Å². The molecule has 3 nitrogen and oxygen atoms in total.